The van der Waals surface area contributed by atoms with Gasteiger partial charge in [0.2, 0.25) is 5.91 Å². The molecule has 0 aliphatic carbocycles. The van der Waals surface area contributed by atoms with Crippen molar-refractivity contribution in [3.8, 4) is 5.75 Å². The van der Waals surface area contributed by atoms with Crippen LogP contribution in [-0.4, -0.2) is 31.0 Å². The highest BCUT2D eigenvalue weighted by Gasteiger charge is 2.19. The zero-order chi connectivity index (χ0) is 16.8. The van der Waals surface area contributed by atoms with E-state index < -0.39 is 0 Å². The summed E-state index contributed by atoms with van der Waals surface area (Å²) in [7, 11) is 3.42. The number of ether oxygens (including phenoxy) is 1. The lowest BCUT2D eigenvalue weighted by atomic mass is 10.2. The van der Waals surface area contributed by atoms with Crippen molar-refractivity contribution in [2.24, 2.45) is 0 Å². The van der Waals surface area contributed by atoms with E-state index >= 15 is 0 Å². The lowest BCUT2D eigenvalue weighted by Crippen LogP contribution is -2.39. The fraction of sp³-hybridized carbons (Fsp3) is 0.278. The van der Waals surface area contributed by atoms with Gasteiger partial charge < -0.3 is 10.1 Å². The van der Waals surface area contributed by atoms with Crippen LogP contribution in [0.5, 0.6) is 5.75 Å². The van der Waals surface area contributed by atoms with Crippen LogP contribution in [0.15, 0.2) is 48.5 Å². The lowest BCUT2D eigenvalue weighted by Gasteiger charge is -2.24. The van der Waals surface area contributed by atoms with E-state index in [1.807, 2.05) is 31.0 Å². The molecule has 2 rings (SSSR count). The summed E-state index contributed by atoms with van der Waals surface area (Å²) in [5, 5.41) is 2.87. The first-order valence-corrected chi connectivity index (χ1v) is 7.40. The summed E-state index contributed by atoms with van der Waals surface area (Å²) in [4.78, 5) is 14.3. The number of halogens is 1. The van der Waals surface area contributed by atoms with Gasteiger partial charge in [-0.3, -0.25) is 9.69 Å². The summed E-state index contributed by atoms with van der Waals surface area (Å²) in [6.45, 7) is 2.38. The van der Waals surface area contributed by atoms with Gasteiger partial charge in [-0.2, -0.15) is 0 Å². The fourth-order valence-corrected chi connectivity index (χ4v) is 2.20. The molecule has 0 saturated heterocycles. The summed E-state index contributed by atoms with van der Waals surface area (Å²) in [5.41, 5.74) is 1.59. The second-order valence-corrected chi connectivity index (χ2v) is 5.41. The minimum Gasteiger partial charge on any atom is -0.495 e. The van der Waals surface area contributed by atoms with Crippen LogP contribution >= 0.6 is 0 Å². The van der Waals surface area contributed by atoms with Gasteiger partial charge >= 0.3 is 0 Å². The molecule has 4 nitrogen and oxygen atoms in total. The molecule has 0 heterocycles. The van der Waals surface area contributed by atoms with E-state index in [9.17, 15) is 9.18 Å². The number of nitrogens with zero attached hydrogens (tertiary/aromatic N) is 1. The Kier molecular flexibility index (Phi) is 5.71. The molecule has 1 N–H and O–H groups in total. The smallest absolute Gasteiger partial charge is 0.241 e. The predicted molar refractivity (Wildman–Crippen MR) is 89.0 cm³/mol. The molecule has 0 aliphatic heterocycles. The molecular formula is C18H21FN2O2. The molecule has 0 fully saturated rings. The average Bonchev–Trinajstić information content (AvgIpc) is 2.56. The van der Waals surface area contributed by atoms with Gasteiger partial charge in [0.1, 0.15) is 11.6 Å². The molecule has 0 radical (unpaired) electrons. The predicted octanol–water partition coefficient (Wildman–Crippen LogP) is 3.29. The maximum absolute atomic E-state index is 12.9. The van der Waals surface area contributed by atoms with Crippen molar-refractivity contribution in [3.05, 3.63) is 59.9 Å². The van der Waals surface area contributed by atoms with Crippen LogP contribution in [0.25, 0.3) is 0 Å². The minimum absolute atomic E-state index is 0.126. The molecule has 122 valence electrons. The highest BCUT2D eigenvalue weighted by atomic mass is 19.1. The van der Waals surface area contributed by atoms with Gasteiger partial charge in [-0.15, -0.1) is 0 Å². The van der Waals surface area contributed by atoms with E-state index in [0.29, 0.717) is 18.0 Å². The Morgan fingerprint density at radius 1 is 1.22 bits per heavy atom. The van der Waals surface area contributed by atoms with E-state index in [2.05, 4.69) is 5.32 Å². The van der Waals surface area contributed by atoms with Gasteiger partial charge in [0.25, 0.3) is 0 Å². The van der Waals surface area contributed by atoms with Gasteiger partial charge in [0, 0.05) is 6.54 Å². The van der Waals surface area contributed by atoms with E-state index in [0.717, 1.165) is 5.56 Å². The van der Waals surface area contributed by atoms with Crippen molar-refractivity contribution in [1.29, 1.82) is 0 Å². The Morgan fingerprint density at radius 3 is 2.52 bits per heavy atom. The molecule has 1 atom stereocenters. The number of hydrogen-bond donors (Lipinski definition) is 1. The third-order valence-corrected chi connectivity index (χ3v) is 3.75. The molecule has 1 amide bonds. The van der Waals surface area contributed by atoms with Crippen LogP contribution in [-0.2, 0) is 11.3 Å². The molecule has 5 heteroatoms. The summed E-state index contributed by atoms with van der Waals surface area (Å²) in [6, 6.07) is 13.2. The van der Waals surface area contributed by atoms with Crippen LogP contribution in [0.3, 0.4) is 0 Å². The standard InChI is InChI=1S/C18H21FN2O2/c1-13(21(2)12-14-8-10-15(19)11-9-14)18(22)20-16-6-4-5-7-17(16)23-3/h4-11,13H,12H2,1-3H3,(H,20,22). The second-order valence-electron chi connectivity index (χ2n) is 5.41. The van der Waals surface area contributed by atoms with E-state index in [1.54, 1.807) is 31.4 Å². The highest BCUT2D eigenvalue weighted by molar-refractivity contribution is 5.95. The summed E-state index contributed by atoms with van der Waals surface area (Å²) in [6.07, 6.45) is 0. The number of amides is 1. The molecule has 2 aromatic carbocycles. The quantitative estimate of drug-likeness (QED) is 0.889. The zero-order valence-corrected chi connectivity index (χ0v) is 13.5. The third kappa shape index (κ3) is 4.53. The first-order valence-electron chi connectivity index (χ1n) is 7.40. The maximum Gasteiger partial charge on any atom is 0.241 e. The second kappa shape index (κ2) is 7.74. The summed E-state index contributed by atoms with van der Waals surface area (Å²) < 4.78 is 18.2. The SMILES string of the molecule is COc1ccccc1NC(=O)C(C)N(C)Cc1ccc(F)cc1. The fourth-order valence-electron chi connectivity index (χ4n) is 2.20. The Bertz CT molecular complexity index is 658. The summed E-state index contributed by atoms with van der Waals surface area (Å²) in [5.74, 6) is 0.228. The number of carbonyl (C=O) groups excluding carboxylic acids is 1. The number of carbonyl (C=O) groups is 1. The number of benzene rings is 2. The van der Waals surface area contributed by atoms with Crippen molar-refractivity contribution in [3.63, 3.8) is 0 Å². The molecule has 23 heavy (non-hydrogen) atoms. The van der Waals surface area contributed by atoms with Crippen LogP contribution in [0.2, 0.25) is 0 Å². The first-order chi connectivity index (χ1) is 11.0. The lowest BCUT2D eigenvalue weighted by molar-refractivity contribution is -0.120. The van der Waals surface area contributed by atoms with Gasteiger partial charge in [-0.05, 0) is 43.8 Å². The van der Waals surface area contributed by atoms with Crippen LogP contribution < -0.4 is 10.1 Å². The topological polar surface area (TPSA) is 41.6 Å². The number of rotatable bonds is 6. The van der Waals surface area contributed by atoms with Crippen molar-refractivity contribution in [2.75, 3.05) is 19.5 Å². The number of para-hydroxylation sites is 2. The van der Waals surface area contributed by atoms with Gasteiger partial charge in [0.05, 0.1) is 18.8 Å². The van der Waals surface area contributed by atoms with Gasteiger partial charge in [-0.1, -0.05) is 24.3 Å². The number of likely N-dealkylation sites (N-methyl/N-ethyl adjacent to an activating group) is 1. The Labute approximate surface area is 135 Å². The zero-order valence-electron chi connectivity index (χ0n) is 13.5. The van der Waals surface area contributed by atoms with Gasteiger partial charge in [0.15, 0.2) is 0 Å². The van der Waals surface area contributed by atoms with Crippen LogP contribution in [0.1, 0.15) is 12.5 Å². The molecule has 0 aromatic heterocycles. The highest BCUT2D eigenvalue weighted by Crippen LogP contribution is 2.23. The summed E-state index contributed by atoms with van der Waals surface area (Å²) >= 11 is 0. The molecule has 0 bridgehead atoms. The van der Waals surface area contributed by atoms with Crippen molar-refractivity contribution < 1.29 is 13.9 Å². The van der Waals surface area contributed by atoms with Crippen LogP contribution in [0, 0.1) is 5.82 Å². The minimum atomic E-state index is -0.343. The number of hydrogen-bond acceptors (Lipinski definition) is 3. The number of methoxy groups -OCH3 is 1. The molecule has 0 saturated carbocycles. The van der Waals surface area contributed by atoms with Crippen molar-refractivity contribution in [1.82, 2.24) is 4.90 Å². The Balaban J connectivity index is 1.99. The number of anilines is 1. The van der Waals surface area contributed by atoms with Gasteiger partial charge in [-0.25, -0.2) is 4.39 Å². The largest absolute Gasteiger partial charge is 0.495 e. The number of nitrogens with one attached hydrogen (secondary N) is 1. The van der Waals surface area contributed by atoms with Crippen molar-refractivity contribution >= 4 is 11.6 Å². The first kappa shape index (κ1) is 17.0. The van der Waals surface area contributed by atoms with E-state index in [1.165, 1.54) is 12.1 Å². The third-order valence-electron chi connectivity index (χ3n) is 3.75. The maximum atomic E-state index is 12.9. The van der Waals surface area contributed by atoms with Crippen molar-refractivity contribution in [2.45, 2.75) is 19.5 Å². The normalized spacial score (nSPS) is 12.0. The molecule has 0 aliphatic rings. The van der Waals surface area contributed by atoms with E-state index in [4.69, 9.17) is 4.74 Å². The van der Waals surface area contributed by atoms with Crippen LogP contribution in [0.4, 0.5) is 10.1 Å². The Hall–Kier alpha value is -2.40. The van der Waals surface area contributed by atoms with E-state index in [-0.39, 0.29) is 17.8 Å². The Morgan fingerprint density at radius 2 is 1.87 bits per heavy atom. The average molecular weight is 316 g/mol. The monoisotopic (exact) mass is 316 g/mol. The molecule has 2 aromatic rings. The molecule has 1 unspecified atom stereocenters. The molecular weight excluding hydrogens is 295 g/mol. The molecule has 0 spiro atoms.